The van der Waals surface area contributed by atoms with Gasteiger partial charge in [-0.2, -0.15) is 18.3 Å². The van der Waals surface area contributed by atoms with Gasteiger partial charge in [-0.15, -0.1) is 0 Å². The van der Waals surface area contributed by atoms with Crippen LogP contribution in [0.3, 0.4) is 0 Å². The van der Waals surface area contributed by atoms with Gasteiger partial charge in [-0.1, -0.05) is 12.1 Å². The van der Waals surface area contributed by atoms with Crippen LogP contribution in [0.15, 0.2) is 53.6 Å². The zero-order valence-electron chi connectivity index (χ0n) is 13.3. The van der Waals surface area contributed by atoms with Crippen LogP contribution in [0, 0.1) is 0 Å². The molecule has 0 radical (unpaired) electrons. The molecule has 2 rings (SSSR count). The van der Waals surface area contributed by atoms with E-state index in [1.165, 1.54) is 12.1 Å². The topological polar surface area (TPSA) is 62.7 Å². The first kappa shape index (κ1) is 18.3. The minimum Gasteiger partial charge on any atom is -0.497 e. The monoisotopic (exact) mass is 351 g/mol. The van der Waals surface area contributed by atoms with Gasteiger partial charge in [0.1, 0.15) is 5.75 Å². The summed E-state index contributed by atoms with van der Waals surface area (Å²) in [6.07, 6.45) is -3.27. The third-order valence-corrected chi connectivity index (χ3v) is 3.16. The Bertz CT molecular complexity index is 744. The van der Waals surface area contributed by atoms with Gasteiger partial charge in [0.15, 0.2) is 0 Å². The van der Waals surface area contributed by atoms with Crippen LogP contribution in [0.1, 0.15) is 11.1 Å². The molecule has 25 heavy (non-hydrogen) atoms. The normalized spacial score (nSPS) is 11.4. The number of amides is 1. The predicted molar refractivity (Wildman–Crippen MR) is 88.7 cm³/mol. The lowest BCUT2D eigenvalue weighted by Gasteiger charge is -2.07. The number of benzene rings is 2. The number of hydrogen-bond donors (Lipinski definition) is 2. The third-order valence-electron chi connectivity index (χ3n) is 3.16. The van der Waals surface area contributed by atoms with Crippen molar-refractivity contribution in [2.75, 3.05) is 19.0 Å². The summed E-state index contributed by atoms with van der Waals surface area (Å²) in [5.74, 6) is 0.264. The molecule has 0 saturated heterocycles. The summed E-state index contributed by atoms with van der Waals surface area (Å²) in [4.78, 5) is 11.7. The Kier molecular flexibility index (Phi) is 5.99. The number of alkyl halides is 3. The van der Waals surface area contributed by atoms with Gasteiger partial charge in [-0.05, 0) is 42.0 Å². The van der Waals surface area contributed by atoms with E-state index < -0.39 is 17.6 Å². The molecule has 0 aliphatic heterocycles. The molecule has 0 spiro atoms. The van der Waals surface area contributed by atoms with E-state index in [4.69, 9.17) is 4.74 Å². The summed E-state index contributed by atoms with van der Waals surface area (Å²) in [5, 5.41) is 6.54. The van der Waals surface area contributed by atoms with E-state index in [1.54, 1.807) is 31.4 Å². The van der Waals surface area contributed by atoms with E-state index in [0.717, 1.165) is 24.0 Å². The summed E-state index contributed by atoms with van der Waals surface area (Å²) in [6.45, 7) is -0.0355. The minimum atomic E-state index is -4.42. The predicted octanol–water partition coefficient (Wildman–Crippen LogP) is 3.28. The number of hydrogen-bond acceptors (Lipinski definition) is 4. The number of nitrogens with one attached hydrogen (secondary N) is 2. The van der Waals surface area contributed by atoms with Crippen LogP contribution in [0.4, 0.5) is 18.9 Å². The van der Waals surface area contributed by atoms with Gasteiger partial charge in [0.2, 0.25) is 0 Å². The van der Waals surface area contributed by atoms with Crippen molar-refractivity contribution in [3.8, 4) is 5.75 Å². The van der Waals surface area contributed by atoms with E-state index in [1.807, 2.05) is 0 Å². The highest BCUT2D eigenvalue weighted by molar-refractivity contribution is 5.84. The molecule has 0 fully saturated rings. The van der Waals surface area contributed by atoms with Crippen molar-refractivity contribution in [1.82, 2.24) is 5.43 Å². The highest BCUT2D eigenvalue weighted by Crippen LogP contribution is 2.29. The molecule has 0 aliphatic carbocycles. The summed E-state index contributed by atoms with van der Waals surface area (Å²) in [5.41, 5.74) is 2.42. The Morgan fingerprint density at radius 2 is 1.92 bits per heavy atom. The van der Waals surface area contributed by atoms with Gasteiger partial charge >= 0.3 is 6.18 Å². The molecule has 0 aliphatic rings. The number of halogens is 3. The highest BCUT2D eigenvalue weighted by atomic mass is 19.4. The van der Waals surface area contributed by atoms with Crippen LogP contribution in [-0.4, -0.2) is 25.8 Å². The van der Waals surface area contributed by atoms with Crippen molar-refractivity contribution in [3.63, 3.8) is 0 Å². The number of rotatable bonds is 6. The van der Waals surface area contributed by atoms with Crippen LogP contribution in [0.2, 0.25) is 0 Å². The van der Waals surface area contributed by atoms with Crippen molar-refractivity contribution in [1.29, 1.82) is 0 Å². The minimum absolute atomic E-state index is 0.0355. The molecule has 2 aromatic rings. The zero-order chi connectivity index (χ0) is 18.3. The molecule has 2 N–H and O–H groups in total. The Morgan fingerprint density at radius 1 is 1.20 bits per heavy atom. The van der Waals surface area contributed by atoms with Gasteiger partial charge in [0, 0.05) is 5.69 Å². The lowest BCUT2D eigenvalue weighted by Crippen LogP contribution is -2.25. The average molecular weight is 351 g/mol. The Hall–Kier alpha value is -3.03. The second-order valence-electron chi connectivity index (χ2n) is 5.00. The lowest BCUT2D eigenvalue weighted by molar-refractivity contribution is -0.137. The molecule has 0 heterocycles. The fourth-order valence-corrected chi connectivity index (χ4v) is 1.90. The lowest BCUT2D eigenvalue weighted by atomic mass is 10.1. The van der Waals surface area contributed by atoms with Crippen molar-refractivity contribution in [2.45, 2.75) is 6.18 Å². The number of hydrazone groups is 1. The second kappa shape index (κ2) is 8.18. The van der Waals surface area contributed by atoms with Crippen molar-refractivity contribution in [2.24, 2.45) is 5.10 Å². The molecule has 5 nitrogen and oxygen atoms in total. The Labute approximate surface area is 142 Å². The zero-order valence-corrected chi connectivity index (χ0v) is 13.3. The largest absolute Gasteiger partial charge is 0.497 e. The number of carbonyl (C=O) groups excluding carboxylic acids is 1. The SMILES string of the molecule is COc1ccc(NCC(=O)N/N=C/c2cccc(C(F)(F)F)c2)cc1. The molecule has 0 saturated carbocycles. The van der Waals surface area contributed by atoms with E-state index in [0.29, 0.717) is 5.75 Å². The van der Waals surface area contributed by atoms with E-state index in [-0.39, 0.29) is 12.1 Å². The molecule has 0 bridgehead atoms. The highest BCUT2D eigenvalue weighted by Gasteiger charge is 2.30. The summed E-state index contributed by atoms with van der Waals surface area (Å²) < 4.78 is 42.8. The van der Waals surface area contributed by atoms with Crippen LogP contribution < -0.4 is 15.5 Å². The maximum atomic E-state index is 12.6. The van der Waals surface area contributed by atoms with E-state index >= 15 is 0 Å². The van der Waals surface area contributed by atoms with E-state index in [2.05, 4.69) is 15.8 Å². The van der Waals surface area contributed by atoms with Crippen LogP contribution in [-0.2, 0) is 11.0 Å². The molecular formula is C17H16F3N3O2. The smallest absolute Gasteiger partial charge is 0.416 e. The second-order valence-corrected chi connectivity index (χ2v) is 5.00. The molecule has 0 aromatic heterocycles. The molecule has 0 unspecified atom stereocenters. The average Bonchev–Trinajstić information content (AvgIpc) is 2.60. The number of ether oxygens (including phenoxy) is 1. The first-order chi connectivity index (χ1) is 11.9. The van der Waals surface area contributed by atoms with Crippen LogP contribution in [0.5, 0.6) is 5.75 Å². The summed E-state index contributed by atoms with van der Waals surface area (Å²) in [6, 6.07) is 11.6. The molecule has 1 amide bonds. The molecule has 132 valence electrons. The van der Waals surface area contributed by atoms with Crippen molar-refractivity contribution in [3.05, 3.63) is 59.7 Å². The van der Waals surface area contributed by atoms with Crippen LogP contribution >= 0.6 is 0 Å². The number of carbonyl (C=O) groups is 1. The molecule has 8 heteroatoms. The quantitative estimate of drug-likeness (QED) is 0.620. The molecular weight excluding hydrogens is 335 g/mol. The number of anilines is 1. The van der Waals surface area contributed by atoms with Crippen LogP contribution in [0.25, 0.3) is 0 Å². The van der Waals surface area contributed by atoms with Gasteiger partial charge in [0.05, 0.1) is 25.4 Å². The number of nitrogens with zero attached hydrogens (tertiary/aromatic N) is 1. The van der Waals surface area contributed by atoms with Gasteiger partial charge in [-0.25, -0.2) is 5.43 Å². The maximum Gasteiger partial charge on any atom is 0.416 e. The first-order valence-electron chi connectivity index (χ1n) is 7.25. The van der Waals surface area contributed by atoms with Gasteiger partial charge in [0.25, 0.3) is 5.91 Å². The molecule has 2 aromatic carbocycles. The maximum absolute atomic E-state index is 12.6. The standard InChI is InChI=1S/C17H16F3N3O2/c1-25-15-7-5-14(6-8-15)21-11-16(24)23-22-10-12-3-2-4-13(9-12)17(18,19)20/h2-10,21H,11H2,1H3,(H,23,24)/b22-10+. The van der Waals surface area contributed by atoms with Gasteiger partial charge in [-0.3, -0.25) is 4.79 Å². The molecule has 0 atom stereocenters. The fraction of sp³-hybridized carbons (Fsp3) is 0.176. The fourth-order valence-electron chi connectivity index (χ4n) is 1.90. The first-order valence-corrected chi connectivity index (χ1v) is 7.25. The third kappa shape index (κ3) is 5.83. The van der Waals surface area contributed by atoms with Crippen molar-refractivity contribution >= 4 is 17.8 Å². The Morgan fingerprint density at radius 3 is 2.56 bits per heavy atom. The Balaban J connectivity index is 1.84. The number of methoxy groups -OCH3 is 1. The van der Waals surface area contributed by atoms with Gasteiger partial charge < -0.3 is 10.1 Å². The summed E-state index contributed by atoms with van der Waals surface area (Å²) in [7, 11) is 1.55. The van der Waals surface area contributed by atoms with Crippen molar-refractivity contribution < 1.29 is 22.7 Å². The summed E-state index contributed by atoms with van der Waals surface area (Å²) >= 11 is 0. The van der Waals surface area contributed by atoms with E-state index in [9.17, 15) is 18.0 Å².